The Labute approximate surface area is 147 Å². The third kappa shape index (κ3) is 3.79. The second kappa shape index (κ2) is 7.36. The highest BCUT2D eigenvalue weighted by molar-refractivity contribution is 6.30. The van der Waals surface area contributed by atoms with Crippen molar-refractivity contribution in [3.8, 4) is 0 Å². The number of rotatable bonds is 4. The standard InChI is InChI=1S/C18H23ClN4O/c1-12-8-14(19)9-13(2)16(12)10-22-15-4-3-7-23(11-15)17-18(24)21-6-5-20-17/h5-6,8-9,15,22H,3-4,7,10-11H2,1-2H3,(H,21,24)/t15-/m1/s1. The molecule has 1 aliphatic heterocycles. The topological polar surface area (TPSA) is 61.0 Å². The molecule has 2 N–H and O–H groups in total. The van der Waals surface area contributed by atoms with Crippen LogP contribution in [0.3, 0.4) is 0 Å². The molecular formula is C18H23ClN4O. The van der Waals surface area contributed by atoms with Gasteiger partial charge in [0.25, 0.3) is 5.56 Å². The number of hydrogen-bond donors (Lipinski definition) is 2. The lowest BCUT2D eigenvalue weighted by molar-refractivity contribution is 0.418. The maximum absolute atomic E-state index is 11.9. The van der Waals surface area contributed by atoms with Crippen LogP contribution < -0.4 is 15.8 Å². The van der Waals surface area contributed by atoms with Crippen molar-refractivity contribution < 1.29 is 0 Å². The Morgan fingerprint density at radius 2 is 2.12 bits per heavy atom. The van der Waals surface area contributed by atoms with Crippen molar-refractivity contribution in [2.24, 2.45) is 0 Å². The lowest BCUT2D eigenvalue weighted by atomic mass is 10.0. The van der Waals surface area contributed by atoms with Gasteiger partial charge in [-0.05, 0) is 55.5 Å². The molecule has 5 nitrogen and oxygen atoms in total. The first-order valence-electron chi connectivity index (χ1n) is 8.32. The van der Waals surface area contributed by atoms with Crippen LogP contribution in [0, 0.1) is 13.8 Å². The van der Waals surface area contributed by atoms with Gasteiger partial charge in [0.05, 0.1) is 0 Å². The maximum Gasteiger partial charge on any atom is 0.290 e. The van der Waals surface area contributed by atoms with E-state index in [1.165, 1.54) is 16.7 Å². The molecule has 2 heterocycles. The average molecular weight is 347 g/mol. The van der Waals surface area contributed by atoms with Crippen LogP contribution in [0.1, 0.15) is 29.5 Å². The number of nitrogens with one attached hydrogen (secondary N) is 2. The summed E-state index contributed by atoms with van der Waals surface area (Å²) in [7, 11) is 0. The summed E-state index contributed by atoms with van der Waals surface area (Å²) >= 11 is 6.11. The third-order valence-electron chi connectivity index (χ3n) is 4.64. The largest absolute Gasteiger partial charge is 0.350 e. The van der Waals surface area contributed by atoms with Crippen molar-refractivity contribution in [2.75, 3.05) is 18.0 Å². The number of aromatic amines is 1. The van der Waals surface area contributed by atoms with E-state index >= 15 is 0 Å². The Hall–Kier alpha value is -1.85. The van der Waals surface area contributed by atoms with Gasteiger partial charge in [0.15, 0.2) is 5.82 Å². The number of anilines is 1. The molecule has 0 saturated carbocycles. The quantitative estimate of drug-likeness (QED) is 0.893. The van der Waals surface area contributed by atoms with Crippen LogP contribution in [0.15, 0.2) is 29.3 Å². The fourth-order valence-corrected chi connectivity index (χ4v) is 3.70. The predicted octanol–water partition coefficient (Wildman–Crippen LogP) is 2.80. The number of aryl methyl sites for hydroxylation is 2. The Kier molecular flexibility index (Phi) is 5.21. The zero-order valence-corrected chi connectivity index (χ0v) is 14.9. The van der Waals surface area contributed by atoms with Crippen LogP contribution in [-0.2, 0) is 6.54 Å². The molecule has 1 aliphatic rings. The highest BCUT2D eigenvalue weighted by Gasteiger charge is 2.22. The molecule has 3 rings (SSSR count). The molecule has 0 radical (unpaired) electrons. The number of H-pyrrole nitrogens is 1. The summed E-state index contributed by atoms with van der Waals surface area (Å²) in [6.07, 6.45) is 5.35. The van der Waals surface area contributed by atoms with Gasteiger partial charge in [-0.25, -0.2) is 4.98 Å². The van der Waals surface area contributed by atoms with Gasteiger partial charge in [-0.1, -0.05) is 11.6 Å². The first-order valence-corrected chi connectivity index (χ1v) is 8.70. The summed E-state index contributed by atoms with van der Waals surface area (Å²) < 4.78 is 0. The zero-order valence-electron chi connectivity index (χ0n) is 14.1. The third-order valence-corrected chi connectivity index (χ3v) is 4.86. The molecule has 128 valence electrons. The molecule has 6 heteroatoms. The molecule has 1 saturated heterocycles. The van der Waals surface area contributed by atoms with E-state index in [2.05, 4.69) is 34.0 Å². The summed E-state index contributed by atoms with van der Waals surface area (Å²) in [6.45, 7) is 6.67. The van der Waals surface area contributed by atoms with E-state index in [9.17, 15) is 4.79 Å². The van der Waals surface area contributed by atoms with E-state index in [0.717, 1.165) is 37.5 Å². The summed E-state index contributed by atoms with van der Waals surface area (Å²) in [6, 6.07) is 4.35. The van der Waals surface area contributed by atoms with Crippen LogP contribution in [0.2, 0.25) is 5.02 Å². The van der Waals surface area contributed by atoms with Gasteiger partial charge >= 0.3 is 0 Å². The van der Waals surface area contributed by atoms with E-state index in [4.69, 9.17) is 11.6 Å². The Bertz CT molecular complexity index is 751. The molecule has 24 heavy (non-hydrogen) atoms. The highest BCUT2D eigenvalue weighted by Crippen LogP contribution is 2.21. The first-order chi connectivity index (χ1) is 11.5. The lowest BCUT2D eigenvalue weighted by Crippen LogP contribution is -2.47. The molecular weight excluding hydrogens is 324 g/mol. The van der Waals surface area contributed by atoms with Crippen LogP contribution in [-0.4, -0.2) is 29.1 Å². The number of piperidine rings is 1. The molecule has 2 aromatic rings. The van der Waals surface area contributed by atoms with Gasteiger partial charge in [0.2, 0.25) is 0 Å². The van der Waals surface area contributed by atoms with Gasteiger partial charge in [-0.2, -0.15) is 0 Å². The summed E-state index contributed by atoms with van der Waals surface area (Å²) in [5.74, 6) is 0.517. The molecule has 0 bridgehead atoms. The smallest absolute Gasteiger partial charge is 0.290 e. The average Bonchev–Trinajstić information content (AvgIpc) is 2.54. The van der Waals surface area contributed by atoms with E-state index in [1.54, 1.807) is 12.4 Å². The van der Waals surface area contributed by atoms with Crippen molar-refractivity contribution in [1.82, 2.24) is 15.3 Å². The van der Waals surface area contributed by atoms with Crippen molar-refractivity contribution in [3.05, 3.63) is 56.6 Å². The second-order valence-corrected chi connectivity index (χ2v) is 6.86. The summed E-state index contributed by atoms with van der Waals surface area (Å²) in [5.41, 5.74) is 3.59. The summed E-state index contributed by atoms with van der Waals surface area (Å²) in [5, 5.41) is 4.42. The maximum atomic E-state index is 11.9. The van der Waals surface area contributed by atoms with Crippen molar-refractivity contribution in [3.63, 3.8) is 0 Å². The molecule has 0 aliphatic carbocycles. The number of benzene rings is 1. The molecule has 1 aromatic heterocycles. The lowest BCUT2D eigenvalue weighted by Gasteiger charge is -2.33. The minimum atomic E-state index is -0.123. The molecule has 1 aromatic carbocycles. The van der Waals surface area contributed by atoms with E-state index in [-0.39, 0.29) is 5.56 Å². The Morgan fingerprint density at radius 3 is 2.83 bits per heavy atom. The Balaban J connectivity index is 1.66. The fourth-order valence-electron chi connectivity index (χ4n) is 3.37. The first kappa shape index (κ1) is 17.0. The van der Waals surface area contributed by atoms with E-state index in [1.807, 2.05) is 12.1 Å². The van der Waals surface area contributed by atoms with E-state index in [0.29, 0.717) is 11.9 Å². The van der Waals surface area contributed by atoms with Gasteiger partial charge in [-0.15, -0.1) is 0 Å². The fraction of sp³-hybridized carbons (Fsp3) is 0.444. The monoisotopic (exact) mass is 346 g/mol. The van der Waals surface area contributed by atoms with Gasteiger partial charge in [0.1, 0.15) is 0 Å². The van der Waals surface area contributed by atoms with Gasteiger partial charge < -0.3 is 15.2 Å². The number of aromatic nitrogens is 2. The van der Waals surface area contributed by atoms with Crippen LogP contribution in [0.25, 0.3) is 0 Å². The predicted molar refractivity (Wildman–Crippen MR) is 97.9 cm³/mol. The SMILES string of the molecule is Cc1cc(Cl)cc(C)c1CN[C@@H]1CCCN(c2ncc[nH]c2=O)C1. The normalized spacial score (nSPS) is 18.0. The number of nitrogens with zero attached hydrogens (tertiary/aromatic N) is 2. The van der Waals surface area contributed by atoms with E-state index < -0.39 is 0 Å². The second-order valence-electron chi connectivity index (χ2n) is 6.43. The number of hydrogen-bond acceptors (Lipinski definition) is 4. The van der Waals surface area contributed by atoms with Crippen molar-refractivity contribution in [1.29, 1.82) is 0 Å². The van der Waals surface area contributed by atoms with Crippen molar-refractivity contribution >= 4 is 17.4 Å². The highest BCUT2D eigenvalue weighted by atomic mass is 35.5. The molecule has 1 fully saturated rings. The number of halogens is 1. The molecule has 1 atom stereocenters. The molecule has 0 amide bonds. The van der Waals surface area contributed by atoms with Crippen LogP contribution in [0.5, 0.6) is 0 Å². The minimum absolute atomic E-state index is 0.123. The minimum Gasteiger partial charge on any atom is -0.350 e. The Morgan fingerprint density at radius 1 is 1.38 bits per heavy atom. The van der Waals surface area contributed by atoms with Gasteiger partial charge in [-0.3, -0.25) is 4.79 Å². The zero-order chi connectivity index (χ0) is 17.1. The molecule has 0 spiro atoms. The summed E-state index contributed by atoms with van der Waals surface area (Å²) in [4.78, 5) is 20.9. The van der Waals surface area contributed by atoms with Crippen molar-refractivity contribution in [2.45, 2.75) is 39.3 Å². The van der Waals surface area contributed by atoms with Crippen LogP contribution >= 0.6 is 11.6 Å². The van der Waals surface area contributed by atoms with Gasteiger partial charge in [0, 0.05) is 43.1 Å². The van der Waals surface area contributed by atoms with Crippen LogP contribution in [0.4, 0.5) is 5.82 Å². The molecule has 0 unspecified atom stereocenters.